The van der Waals surface area contributed by atoms with E-state index in [2.05, 4.69) is 22.4 Å². The monoisotopic (exact) mass is 311 g/mol. The summed E-state index contributed by atoms with van der Waals surface area (Å²) in [6.45, 7) is 3.18. The van der Waals surface area contributed by atoms with Gasteiger partial charge in [0, 0.05) is 5.56 Å². The van der Waals surface area contributed by atoms with Gasteiger partial charge in [-0.1, -0.05) is 35.3 Å². The molecule has 1 saturated heterocycles. The molecule has 0 amide bonds. The number of nitrogens with one attached hydrogen (secondary N) is 1. The van der Waals surface area contributed by atoms with E-state index in [1.807, 2.05) is 6.07 Å². The summed E-state index contributed by atoms with van der Waals surface area (Å²) in [6, 6.07) is 5.45. The Morgan fingerprint density at radius 3 is 2.90 bits per heavy atom. The molecular formula is C14H15Cl2N3O. The molecular weight excluding hydrogens is 297 g/mol. The fraction of sp³-hybridized carbons (Fsp3) is 0.429. The summed E-state index contributed by atoms with van der Waals surface area (Å²) >= 11 is 11.9. The quantitative estimate of drug-likeness (QED) is 0.907. The van der Waals surface area contributed by atoms with Crippen molar-refractivity contribution in [2.45, 2.75) is 25.8 Å². The number of hydrogen-bond acceptors (Lipinski definition) is 4. The minimum absolute atomic E-state index is 0.132. The first-order valence-electron chi connectivity index (χ1n) is 6.67. The second kappa shape index (κ2) is 5.72. The van der Waals surface area contributed by atoms with Crippen molar-refractivity contribution in [2.24, 2.45) is 5.92 Å². The molecule has 2 unspecified atom stereocenters. The average molecular weight is 312 g/mol. The highest BCUT2D eigenvalue weighted by Crippen LogP contribution is 2.31. The highest BCUT2D eigenvalue weighted by atomic mass is 35.5. The minimum Gasteiger partial charge on any atom is -0.337 e. The zero-order valence-electron chi connectivity index (χ0n) is 11.1. The molecule has 1 aromatic carbocycles. The van der Waals surface area contributed by atoms with E-state index in [4.69, 9.17) is 27.7 Å². The minimum atomic E-state index is 0.132. The molecule has 6 heteroatoms. The van der Waals surface area contributed by atoms with Crippen LogP contribution >= 0.6 is 23.2 Å². The van der Waals surface area contributed by atoms with E-state index < -0.39 is 0 Å². The number of aromatic nitrogens is 2. The van der Waals surface area contributed by atoms with Gasteiger partial charge in [-0.25, -0.2) is 0 Å². The second-order valence-corrected chi connectivity index (χ2v) is 5.95. The Bertz CT molecular complexity index is 614. The van der Waals surface area contributed by atoms with Gasteiger partial charge in [-0.05, 0) is 43.5 Å². The molecule has 0 bridgehead atoms. The Balaban J connectivity index is 1.87. The van der Waals surface area contributed by atoms with Crippen LogP contribution in [0, 0.1) is 5.92 Å². The van der Waals surface area contributed by atoms with Crippen molar-refractivity contribution in [2.75, 3.05) is 6.54 Å². The fourth-order valence-electron chi connectivity index (χ4n) is 2.49. The van der Waals surface area contributed by atoms with Gasteiger partial charge in [-0.15, -0.1) is 0 Å². The SMILES string of the molecule is CC1CCCNC1c1nc(-c2ccc(Cl)c(Cl)c2)no1. The van der Waals surface area contributed by atoms with Gasteiger partial charge in [0.05, 0.1) is 16.1 Å². The van der Waals surface area contributed by atoms with Crippen molar-refractivity contribution in [1.29, 1.82) is 0 Å². The van der Waals surface area contributed by atoms with Crippen LogP contribution in [0.15, 0.2) is 22.7 Å². The topological polar surface area (TPSA) is 51.0 Å². The number of nitrogens with zero attached hydrogens (tertiary/aromatic N) is 2. The molecule has 4 nitrogen and oxygen atoms in total. The first-order chi connectivity index (χ1) is 9.65. The van der Waals surface area contributed by atoms with Gasteiger partial charge < -0.3 is 9.84 Å². The van der Waals surface area contributed by atoms with Crippen LogP contribution in [0.25, 0.3) is 11.4 Å². The maximum Gasteiger partial charge on any atom is 0.244 e. The first-order valence-corrected chi connectivity index (χ1v) is 7.43. The number of benzene rings is 1. The van der Waals surface area contributed by atoms with Crippen LogP contribution in [-0.2, 0) is 0 Å². The van der Waals surface area contributed by atoms with Crippen molar-refractivity contribution in [3.63, 3.8) is 0 Å². The highest BCUT2D eigenvalue weighted by molar-refractivity contribution is 6.42. The lowest BCUT2D eigenvalue weighted by atomic mass is 9.93. The fourth-order valence-corrected chi connectivity index (χ4v) is 2.79. The zero-order chi connectivity index (χ0) is 14.1. The number of halogens is 2. The van der Waals surface area contributed by atoms with Crippen LogP contribution in [0.3, 0.4) is 0 Å². The van der Waals surface area contributed by atoms with E-state index in [1.165, 1.54) is 12.8 Å². The smallest absolute Gasteiger partial charge is 0.244 e. The summed E-state index contributed by atoms with van der Waals surface area (Å²) in [5, 5.41) is 8.47. The molecule has 2 aromatic rings. The summed E-state index contributed by atoms with van der Waals surface area (Å²) in [4.78, 5) is 4.48. The van der Waals surface area contributed by atoms with Crippen molar-refractivity contribution in [3.05, 3.63) is 34.1 Å². The highest BCUT2D eigenvalue weighted by Gasteiger charge is 2.27. The molecule has 1 aliphatic rings. The Labute approximate surface area is 127 Å². The standard InChI is InChI=1S/C14H15Cl2N3O/c1-8-3-2-6-17-12(8)14-18-13(19-20-14)9-4-5-10(15)11(16)7-9/h4-5,7-8,12,17H,2-3,6H2,1H3. The van der Waals surface area contributed by atoms with Gasteiger partial charge in [-0.3, -0.25) is 0 Å². The molecule has 3 rings (SSSR count). The molecule has 1 N–H and O–H groups in total. The van der Waals surface area contributed by atoms with Crippen LogP contribution in [0.1, 0.15) is 31.7 Å². The van der Waals surface area contributed by atoms with E-state index in [-0.39, 0.29) is 6.04 Å². The Morgan fingerprint density at radius 1 is 1.30 bits per heavy atom. The lowest BCUT2D eigenvalue weighted by molar-refractivity contribution is 0.239. The maximum absolute atomic E-state index is 6.01. The van der Waals surface area contributed by atoms with Crippen molar-refractivity contribution in [1.82, 2.24) is 15.5 Å². The van der Waals surface area contributed by atoms with Gasteiger partial charge in [0.2, 0.25) is 11.7 Å². The number of rotatable bonds is 2. The molecule has 0 saturated carbocycles. The Kier molecular flexibility index (Phi) is 3.96. The summed E-state index contributed by atoms with van der Waals surface area (Å²) in [7, 11) is 0. The van der Waals surface area contributed by atoms with Crippen LogP contribution in [0.4, 0.5) is 0 Å². The third kappa shape index (κ3) is 2.68. The summed E-state index contributed by atoms with van der Waals surface area (Å²) in [5.74, 6) is 1.67. The summed E-state index contributed by atoms with van der Waals surface area (Å²) in [6.07, 6.45) is 2.35. The zero-order valence-corrected chi connectivity index (χ0v) is 12.6. The van der Waals surface area contributed by atoms with Crippen molar-refractivity contribution in [3.8, 4) is 11.4 Å². The van der Waals surface area contributed by atoms with Crippen LogP contribution in [0.5, 0.6) is 0 Å². The van der Waals surface area contributed by atoms with E-state index in [0.29, 0.717) is 27.7 Å². The largest absolute Gasteiger partial charge is 0.337 e. The summed E-state index contributed by atoms with van der Waals surface area (Å²) in [5.41, 5.74) is 0.804. The van der Waals surface area contributed by atoms with Crippen molar-refractivity contribution < 1.29 is 4.52 Å². The normalized spacial score (nSPS) is 22.9. The van der Waals surface area contributed by atoms with E-state index in [0.717, 1.165) is 12.1 Å². The van der Waals surface area contributed by atoms with Crippen LogP contribution < -0.4 is 5.32 Å². The third-order valence-electron chi connectivity index (χ3n) is 3.66. The van der Waals surface area contributed by atoms with Crippen LogP contribution in [-0.4, -0.2) is 16.7 Å². The maximum atomic E-state index is 6.01. The molecule has 1 aromatic heterocycles. The lowest BCUT2D eigenvalue weighted by Crippen LogP contribution is -2.33. The molecule has 2 heterocycles. The lowest BCUT2D eigenvalue weighted by Gasteiger charge is -2.26. The Hall–Kier alpha value is -1.10. The number of piperidine rings is 1. The molecule has 0 spiro atoms. The molecule has 1 aliphatic heterocycles. The average Bonchev–Trinajstić information content (AvgIpc) is 2.92. The molecule has 1 fully saturated rings. The van der Waals surface area contributed by atoms with Gasteiger partial charge in [0.1, 0.15) is 0 Å². The first kappa shape index (κ1) is 13.9. The van der Waals surface area contributed by atoms with Gasteiger partial charge in [0.15, 0.2) is 0 Å². The predicted octanol–water partition coefficient (Wildman–Crippen LogP) is 4.10. The molecule has 20 heavy (non-hydrogen) atoms. The Morgan fingerprint density at radius 2 is 2.15 bits per heavy atom. The van der Waals surface area contributed by atoms with E-state index in [9.17, 15) is 0 Å². The second-order valence-electron chi connectivity index (χ2n) is 5.14. The van der Waals surface area contributed by atoms with Gasteiger partial charge in [0.25, 0.3) is 0 Å². The van der Waals surface area contributed by atoms with Gasteiger partial charge >= 0.3 is 0 Å². The van der Waals surface area contributed by atoms with Gasteiger partial charge in [-0.2, -0.15) is 4.98 Å². The predicted molar refractivity (Wildman–Crippen MR) is 78.9 cm³/mol. The van der Waals surface area contributed by atoms with E-state index >= 15 is 0 Å². The molecule has 2 atom stereocenters. The third-order valence-corrected chi connectivity index (χ3v) is 4.39. The van der Waals surface area contributed by atoms with Crippen LogP contribution in [0.2, 0.25) is 10.0 Å². The molecule has 106 valence electrons. The molecule has 0 aliphatic carbocycles. The number of hydrogen-bond donors (Lipinski definition) is 1. The molecule has 0 radical (unpaired) electrons. The van der Waals surface area contributed by atoms with E-state index in [1.54, 1.807) is 12.1 Å². The summed E-state index contributed by atoms with van der Waals surface area (Å²) < 4.78 is 5.40. The van der Waals surface area contributed by atoms with Crippen molar-refractivity contribution >= 4 is 23.2 Å².